The average molecular weight is 491 g/mol. The third-order valence-electron chi connectivity index (χ3n) is 6.22. The van der Waals surface area contributed by atoms with Gasteiger partial charge in [0.1, 0.15) is 17.6 Å². The van der Waals surface area contributed by atoms with Crippen LogP contribution in [0.3, 0.4) is 0 Å². The van der Waals surface area contributed by atoms with E-state index < -0.39 is 6.04 Å². The van der Waals surface area contributed by atoms with Crippen molar-refractivity contribution in [2.75, 3.05) is 6.61 Å². The van der Waals surface area contributed by atoms with Crippen LogP contribution in [0.25, 0.3) is 0 Å². The number of rotatable bonds is 11. The van der Waals surface area contributed by atoms with E-state index in [-0.39, 0.29) is 36.8 Å². The van der Waals surface area contributed by atoms with E-state index >= 15 is 0 Å². The van der Waals surface area contributed by atoms with Gasteiger partial charge in [0.2, 0.25) is 5.91 Å². The van der Waals surface area contributed by atoms with Crippen molar-refractivity contribution < 1.29 is 18.7 Å². The van der Waals surface area contributed by atoms with Crippen LogP contribution in [0.1, 0.15) is 42.5 Å². The highest BCUT2D eigenvalue weighted by molar-refractivity contribution is 5.88. The van der Waals surface area contributed by atoms with Crippen LogP contribution in [0.15, 0.2) is 72.8 Å². The summed E-state index contributed by atoms with van der Waals surface area (Å²) in [4.78, 5) is 28.6. The van der Waals surface area contributed by atoms with Crippen molar-refractivity contribution in [1.29, 1.82) is 0 Å². The second-order valence-corrected chi connectivity index (χ2v) is 9.23. The highest BCUT2D eigenvalue weighted by atomic mass is 19.1. The Hall–Kier alpha value is -3.67. The molecule has 0 aliphatic heterocycles. The molecule has 3 aromatic rings. The summed E-state index contributed by atoms with van der Waals surface area (Å²) in [7, 11) is 0. The first kappa shape index (κ1) is 26.9. The number of benzene rings is 3. The number of carbonyl (C=O) groups is 2. The van der Waals surface area contributed by atoms with Crippen molar-refractivity contribution >= 4 is 11.8 Å². The summed E-state index contributed by atoms with van der Waals surface area (Å²) < 4.78 is 19.4. The van der Waals surface area contributed by atoms with E-state index in [1.54, 1.807) is 17.0 Å². The van der Waals surface area contributed by atoms with Crippen molar-refractivity contribution in [1.82, 2.24) is 10.2 Å². The Kier molecular flexibility index (Phi) is 9.62. The van der Waals surface area contributed by atoms with Gasteiger partial charge in [0.25, 0.3) is 5.91 Å². The fraction of sp³-hybridized carbons (Fsp3) is 0.333. The molecule has 0 saturated carbocycles. The van der Waals surface area contributed by atoms with Gasteiger partial charge in [0.05, 0.1) is 0 Å². The number of amides is 2. The van der Waals surface area contributed by atoms with E-state index in [4.69, 9.17) is 4.74 Å². The molecule has 0 aromatic heterocycles. The molecule has 190 valence electrons. The van der Waals surface area contributed by atoms with E-state index in [0.717, 1.165) is 28.7 Å². The standard InChI is InChI=1S/C30H35FN2O3/c1-5-23(4)32-30(35)27(18-24-9-7-6-8-10-24)33(19-25-12-14-26(31)15-13-25)29(34)20-36-28-16-11-21(2)17-22(28)3/h6-17,23,27H,5,18-20H2,1-4H3,(H,32,35)/t23-,27-/m0/s1. The Morgan fingerprint density at radius 3 is 2.31 bits per heavy atom. The summed E-state index contributed by atoms with van der Waals surface area (Å²) in [6.07, 6.45) is 1.12. The van der Waals surface area contributed by atoms with Gasteiger partial charge in [-0.1, -0.05) is 67.1 Å². The molecule has 2 atom stereocenters. The molecule has 0 spiro atoms. The van der Waals surface area contributed by atoms with E-state index in [9.17, 15) is 14.0 Å². The molecule has 6 heteroatoms. The highest BCUT2D eigenvalue weighted by Gasteiger charge is 2.31. The lowest BCUT2D eigenvalue weighted by Crippen LogP contribution is -2.53. The molecule has 0 saturated heterocycles. The molecular formula is C30H35FN2O3. The highest BCUT2D eigenvalue weighted by Crippen LogP contribution is 2.20. The first-order valence-corrected chi connectivity index (χ1v) is 12.3. The van der Waals surface area contributed by atoms with Crippen LogP contribution in [0.5, 0.6) is 5.75 Å². The third-order valence-corrected chi connectivity index (χ3v) is 6.22. The molecule has 0 unspecified atom stereocenters. The lowest BCUT2D eigenvalue weighted by molar-refractivity contribution is -0.143. The van der Waals surface area contributed by atoms with Crippen LogP contribution in [-0.2, 0) is 22.6 Å². The van der Waals surface area contributed by atoms with Gasteiger partial charge in [-0.3, -0.25) is 9.59 Å². The minimum absolute atomic E-state index is 0.0370. The first-order valence-electron chi connectivity index (χ1n) is 12.3. The summed E-state index contributed by atoms with van der Waals surface area (Å²) in [6.45, 7) is 7.80. The summed E-state index contributed by atoms with van der Waals surface area (Å²) in [5, 5.41) is 3.04. The molecule has 5 nitrogen and oxygen atoms in total. The van der Waals surface area contributed by atoms with Crippen LogP contribution in [0.4, 0.5) is 4.39 Å². The maximum atomic E-state index is 13.6. The summed E-state index contributed by atoms with van der Waals surface area (Å²) in [6, 6.07) is 20.6. The number of halogens is 1. The molecule has 3 aromatic carbocycles. The maximum absolute atomic E-state index is 13.6. The Morgan fingerprint density at radius 2 is 1.67 bits per heavy atom. The van der Waals surface area contributed by atoms with Gasteiger partial charge in [-0.2, -0.15) is 0 Å². The predicted octanol–water partition coefficient (Wildman–Crippen LogP) is 5.38. The Bertz CT molecular complexity index is 1150. The van der Waals surface area contributed by atoms with Crippen molar-refractivity contribution in [3.8, 4) is 5.75 Å². The van der Waals surface area contributed by atoms with E-state index in [0.29, 0.717) is 12.2 Å². The fourth-order valence-electron chi connectivity index (χ4n) is 3.97. The predicted molar refractivity (Wildman–Crippen MR) is 140 cm³/mol. The maximum Gasteiger partial charge on any atom is 0.261 e. The van der Waals surface area contributed by atoms with Gasteiger partial charge >= 0.3 is 0 Å². The monoisotopic (exact) mass is 490 g/mol. The van der Waals surface area contributed by atoms with Crippen molar-refractivity contribution in [3.63, 3.8) is 0 Å². The molecule has 0 aliphatic carbocycles. The van der Waals surface area contributed by atoms with Gasteiger partial charge in [-0.05, 0) is 62.1 Å². The second-order valence-electron chi connectivity index (χ2n) is 9.23. The smallest absolute Gasteiger partial charge is 0.261 e. The number of nitrogens with one attached hydrogen (secondary N) is 1. The zero-order valence-corrected chi connectivity index (χ0v) is 21.5. The van der Waals surface area contributed by atoms with Crippen molar-refractivity contribution in [3.05, 3.63) is 101 Å². The summed E-state index contributed by atoms with van der Waals surface area (Å²) in [5.41, 5.74) is 3.71. The number of carbonyl (C=O) groups excluding carboxylic acids is 2. The Balaban J connectivity index is 1.91. The first-order chi connectivity index (χ1) is 17.3. The number of ether oxygens (including phenoxy) is 1. The minimum atomic E-state index is -0.762. The molecule has 0 bridgehead atoms. The van der Waals surface area contributed by atoms with Gasteiger partial charge in [-0.15, -0.1) is 0 Å². The molecular weight excluding hydrogens is 455 g/mol. The minimum Gasteiger partial charge on any atom is -0.483 e. The SMILES string of the molecule is CC[C@H](C)NC(=O)[C@H](Cc1ccccc1)N(Cc1ccc(F)cc1)C(=O)COc1ccc(C)cc1C. The van der Waals surface area contributed by atoms with Gasteiger partial charge in [0.15, 0.2) is 6.61 Å². The molecule has 0 fully saturated rings. The number of aryl methyl sites for hydroxylation is 2. The van der Waals surface area contributed by atoms with E-state index in [1.165, 1.54) is 12.1 Å². The van der Waals surface area contributed by atoms with Crippen molar-refractivity contribution in [2.24, 2.45) is 0 Å². The normalized spacial score (nSPS) is 12.5. The molecule has 0 heterocycles. The fourth-order valence-corrected chi connectivity index (χ4v) is 3.97. The molecule has 0 aliphatic rings. The Morgan fingerprint density at radius 1 is 0.972 bits per heavy atom. The summed E-state index contributed by atoms with van der Waals surface area (Å²) in [5.74, 6) is -0.279. The number of nitrogens with zero attached hydrogens (tertiary/aromatic N) is 1. The summed E-state index contributed by atoms with van der Waals surface area (Å²) >= 11 is 0. The average Bonchev–Trinajstić information content (AvgIpc) is 2.87. The number of hydrogen-bond donors (Lipinski definition) is 1. The van der Waals surface area contributed by atoms with Gasteiger partial charge in [-0.25, -0.2) is 4.39 Å². The molecule has 1 N–H and O–H groups in total. The van der Waals surface area contributed by atoms with Crippen molar-refractivity contribution in [2.45, 2.75) is 59.2 Å². The second kappa shape index (κ2) is 12.9. The molecule has 0 radical (unpaired) electrons. The van der Waals surface area contributed by atoms with Gasteiger partial charge < -0.3 is 15.0 Å². The van der Waals surface area contributed by atoms with E-state index in [1.807, 2.05) is 76.2 Å². The zero-order chi connectivity index (χ0) is 26.1. The largest absolute Gasteiger partial charge is 0.483 e. The zero-order valence-electron chi connectivity index (χ0n) is 21.5. The van der Waals surface area contributed by atoms with Crippen LogP contribution < -0.4 is 10.1 Å². The molecule has 3 rings (SSSR count). The lowest BCUT2D eigenvalue weighted by atomic mass is 10.0. The quantitative estimate of drug-likeness (QED) is 0.393. The van der Waals surface area contributed by atoms with Crippen LogP contribution in [0, 0.1) is 19.7 Å². The van der Waals surface area contributed by atoms with Crippen LogP contribution in [-0.4, -0.2) is 35.4 Å². The lowest BCUT2D eigenvalue weighted by Gasteiger charge is -2.32. The van der Waals surface area contributed by atoms with Crippen LogP contribution in [0.2, 0.25) is 0 Å². The topological polar surface area (TPSA) is 58.6 Å². The third kappa shape index (κ3) is 7.67. The molecule has 36 heavy (non-hydrogen) atoms. The van der Waals surface area contributed by atoms with E-state index in [2.05, 4.69) is 5.32 Å². The van der Waals surface area contributed by atoms with Gasteiger partial charge in [0, 0.05) is 19.0 Å². The van der Waals surface area contributed by atoms with Crippen LogP contribution >= 0.6 is 0 Å². The number of hydrogen-bond acceptors (Lipinski definition) is 3. The molecule has 2 amide bonds. The Labute approximate surface area is 213 Å².